The van der Waals surface area contributed by atoms with Gasteiger partial charge in [-0.05, 0) is 37.6 Å². The van der Waals surface area contributed by atoms with E-state index in [9.17, 15) is 9.59 Å². The van der Waals surface area contributed by atoms with Crippen molar-refractivity contribution in [2.45, 2.75) is 26.9 Å². The smallest absolute Gasteiger partial charge is 0.269 e. The molecule has 2 heterocycles. The van der Waals surface area contributed by atoms with E-state index < -0.39 is 0 Å². The molecule has 1 amide bonds. The van der Waals surface area contributed by atoms with Crippen molar-refractivity contribution in [3.63, 3.8) is 0 Å². The number of carbonyl (C=O) groups excluding carboxylic acids is 1. The Morgan fingerprint density at radius 1 is 1.07 bits per heavy atom. The van der Waals surface area contributed by atoms with Crippen LogP contribution in [0.2, 0.25) is 0 Å². The van der Waals surface area contributed by atoms with E-state index in [4.69, 9.17) is 0 Å². The number of amides is 1. The molecule has 0 unspecified atom stereocenters. The lowest BCUT2D eigenvalue weighted by molar-refractivity contribution is -0.121. The summed E-state index contributed by atoms with van der Waals surface area (Å²) in [5, 5.41) is 2.84. The van der Waals surface area contributed by atoms with Crippen LogP contribution in [0.1, 0.15) is 19.4 Å². The van der Waals surface area contributed by atoms with Gasteiger partial charge in [0.25, 0.3) is 5.56 Å². The Labute approximate surface area is 157 Å². The predicted octanol–water partition coefficient (Wildman–Crippen LogP) is 1.95. The Morgan fingerprint density at radius 3 is 2.56 bits per heavy atom. The van der Waals surface area contributed by atoms with Gasteiger partial charge >= 0.3 is 0 Å². The van der Waals surface area contributed by atoms with Gasteiger partial charge in [-0.15, -0.1) is 0 Å². The highest BCUT2D eigenvalue weighted by Crippen LogP contribution is 2.11. The minimum atomic E-state index is -0.297. The maximum absolute atomic E-state index is 12.3. The van der Waals surface area contributed by atoms with Crippen molar-refractivity contribution in [2.75, 3.05) is 18.0 Å². The van der Waals surface area contributed by atoms with Crippen molar-refractivity contribution >= 4 is 22.8 Å². The Bertz CT molecular complexity index is 978. The summed E-state index contributed by atoms with van der Waals surface area (Å²) >= 11 is 0. The van der Waals surface area contributed by atoms with Gasteiger partial charge in [0.15, 0.2) is 0 Å². The molecular weight excluding hydrogens is 342 g/mol. The summed E-state index contributed by atoms with van der Waals surface area (Å²) in [6, 6.07) is 11.2. The van der Waals surface area contributed by atoms with Gasteiger partial charge in [-0.1, -0.05) is 18.2 Å². The monoisotopic (exact) mass is 365 g/mol. The van der Waals surface area contributed by atoms with E-state index in [0.29, 0.717) is 17.6 Å². The van der Waals surface area contributed by atoms with E-state index in [1.54, 1.807) is 12.3 Å². The largest absolute Gasteiger partial charge is 0.357 e. The molecule has 0 spiro atoms. The fraction of sp³-hybridized carbons (Fsp3) is 0.300. The van der Waals surface area contributed by atoms with Crippen LogP contribution in [0.4, 0.5) is 5.82 Å². The fourth-order valence-corrected chi connectivity index (χ4v) is 2.93. The summed E-state index contributed by atoms with van der Waals surface area (Å²) in [5.41, 5.74) is 1.94. The summed E-state index contributed by atoms with van der Waals surface area (Å²) in [7, 11) is 0. The number of nitrogens with zero attached hydrogens (tertiary/aromatic N) is 4. The van der Waals surface area contributed by atoms with E-state index >= 15 is 0 Å². The van der Waals surface area contributed by atoms with Crippen LogP contribution in [0.5, 0.6) is 0 Å². The molecule has 0 saturated carbocycles. The maximum atomic E-state index is 12.3. The van der Waals surface area contributed by atoms with Crippen molar-refractivity contribution in [2.24, 2.45) is 0 Å². The summed E-state index contributed by atoms with van der Waals surface area (Å²) in [6.45, 7) is 6.28. The predicted molar refractivity (Wildman–Crippen MR) is 106 cm³/mol. The fourth-order valence-electron chi connectivity index (χ4n) is 2.93. The number of rotatable bonds is 7. The Hall–Kier alpha value is -3.22. The molecule has 27 heavy (non-hydrogen) atoms. The van der Waals surface area contributed by atoms with E-state index in [-0.39, 0.29) is 18.0 Å². The molecule has 1 aromatic carbocycles. The molecule has 0 fully saturated rings. The molecule has 1 N–H and O–H groups in total. The van der Waals surface area contributed by atoms with Crippen LogP contribution in [-0.2, 0) is 17.9 Å². The third kappa shape index (κ3) is 4.31. The van der Waals surface area contributed by atoms with Crippen molar-refractivity contribution in [3.05, 3.63) is 64.7 Å². The third-order valence-electron chi connectivity index (χ3n) is 4.44. The molecule has 0 radical (unpaired) electrons. The molecule has 0 bridgehead atoms. The number of benzene rings is 1. The van der Waals surface area contributed by atoms with E-state index in [0.717, 1.165) is 24.5 Å². The van der Waals surface area contributed by atoms with Gasteiger partial charge in [-0.2, -0.15) is 0 Å². The zero-order chi connectivity index (χ0) is 19.2. The molecule has 7 heteroatoms. The van der Waals surface area contributed by atoms with E-state index in [1.807, 2.05) is 30.3 Å². The van der Waals surface area contributed by atoms with Gasteiger partial charge in [0.2, 0.25) is 5.91 Å². The van der Waals surface area contributed by atoms with Crippen LogP contribution in [0.15, 0.2) is 53.6 Å². The van der Waals surface area contributed by atoms with Gasteiger partial charge in [0.05, 0.1) is 17.2 Å². The van der Waals surface area contributed by atoms with Gasteiger partial charge in [0.1, 0.15) is 12.4 Å². The molecular formula is C20H23N5O2. The maximum Gasteiger partial charge on any atom is 0.269 e. The molecule has 3 rings (SSSR count). The van der Waals surface area contributed by atoms with Crippen LogP contribution in [0.25, 0.3) is 11.0 Å². The highest BCUT2D eigenvalue weighted by molar-refractivity contribution is 5.79. The van der Waals surface area contributed by atoms with Crippen LogP contribution in [0.3, 0.4) is 0 Å². The molecule has 3 aromatic rings. The molecule has 0 aliphatic rings. The first-order valence-corrected chi connectivity index (χ1v) is 9.03. The van der Waals surface area contributed by atoms with Crippen molar-refractivity contribution in [1.29, 1.82) is 0 Å². The zero-order valence-corrected chi connectivity index (χ0v) is 15.6. The number of aromatic nitrogens is 3. The first kappa shape index (κ1) is 18.6. The Kier molecular flexibility index (Phi) is 5.80. The number of anilines is 1. The average Bonchev–Trinajstić information content (AvgIpc) is 2.70. The molecule has 0 aliphatic heterocycles. The van der Waals surface area contributed by atoms with Gasteiger partial charge < -0.3 is 10.2 Å². The molecule has 7 nitrogen and oxygen atoms in total. The average molecular weight is 365 g/mol. The lowest BCUT2D eigenvalue weighted by Gasteiger charge is -2.19. The van der Waals surface area contributed by atoms with Crippen LogP contribution < -0.4 is 15.8 Å². The number of hydrogen-bond donors (Lipinski definition) is 1. The molecule has 140 valence electrons. The number of carbonyl (C=O) groups is 1. The number of fused-ring (bicyclic) bond motifs is 1. The number of para-hydroxylation sites is 2. The van der Waals surface area contributed by atoms with Gasteiger partial charge in [-0.25, -0.2) is 9.97 Å². The quantitative estimate of drug-likeness (QED) is 0.692. The summed E-state index contributed by atoms with van der Waals surface area (Å²) < 4.78 is 1.43. The number of hydrogen-bond acceptors (Lipinski definition) is 5. The number of nitrogens with one attached hydrogen (secondary N) is 1. The highest BCUT2D eigenvalue weighted by Gasteiger charge is 2.09. The Morgan fingerprint density at radius 2 is 1.85 bits per heavy atom. The van der Waals surface area contributed by atoms with E-state index in [2.05, 4.69) is 34.0 Å². The Balaban J connectivity index is 1.65. The second kappa shape index (κ2) is 8.44. The lowest BCUT2D eigenvalue weighted by atomic mass is 10.2. The zero-order valence-electron chi connectivity index (χ0n) is 15.6. The standard InChI is InChI=1S/C20H23N5O2/c1-3-24(4-2)18-10-9-15(11-22-18)12-23-19(26)14-25-17-8-6-5-7-16(17)21-13-20(25)27/h5-11,13H,3-4,12,14H2,1-2H3,(H,23,26). The van der Waals surface area contributed by atoms with Crippen molar-refractivity contribution < 1.29 is 4.79 Å². The normalized spacial score (nSPS) is 10.7. The molecule has 0 aliphatic carbocycles. The second-order valence-corrected chi connectivity index (χ2v) is 6.14. The topological polar surface area (TPSA) is 80.1 Å². The molecule has 0 saturated heterocycles. The first-order chi connectivity index (χ1) is 13.1. The minimum absolute atomic E-state index is 0.0488. The molecule has 0 atom stereocenters. The third-order valence-corrected chi connectivity index (χ3v) is 4.44. The SMILES string of the molecule is CCN(CC)c1ccc(CNC(=O)Cn2c(=O)cnc3ccccc32)cn1. The van der Waals surface area contributed by atoms with Crippen LogP contribution >= 0.6 is 0 Å². The van der Waals surface area contributed by atoms with Crippen molar-refractivity contribution in [3.8, 4) is 0 Å². The highest BCUT2D eigenvalue weighted by atomic mass is 16.2. The van der Waals surface area contributed by atoms with Crippen LogP contribution in [-0.4, -0.2) is 33.5 Å². The number of pyridine rings is 1. The molecule has 2 aromatic heterocycles. The van der Waals surface area contributed by atoms with Crippen LogP contribution in [0, 0.1) is 0 Å². The minimum Gasteiger partial charge on any atom is -0.357 e. The van der Waals surface area contributed by atoms with Gasteiger partial charge in [-0.3, -0.25) is 14.2 Å². The van der Waals surface area contributed by atoms with Gasteiger partial charge in [0, 0.05) is 25.8 Å². The first-order valence-electron chi connectivity index (χ1n) is 9.03. The summed E-state index contributed by atoms with van der Waals surface area (Å²) in [6.07, 6.45) is 3.01. The summed E-state index contributed by atoms with van der Waals surface area (Å²) in [5.74, 6) is 0.686. The van der Waals surface area contributed by atoms with E-state index in [1.165, 1.54) is 10.8 Å². The lowest BCUT2D eigenvalue weighted by Crippen LogP contribution is -2.32. The van der Waals surface area contributed by atoms with Crippen molar-refractivity contribution in [1.82, 2.24) is 19.9 Å². The summed E-state index contributed by atoms with van der Waals surface area (Å²) in [4.78, 5) is 35.1. The second-order valence-electron chi connectivity index (χ2n) is 6.14.